The number of ether oxygens (including phenoxy) is 1. The number of rotatable bonds is 3. The van der Waals surface area contributed by atoms with Crippen LogP contribution >= 0.6 is 0 Å². The lowest BCUT2D eigenvalue weighted by molar-refractivity contribution is 0.0300. The minimum atomic E-state index is 0.207. The van der Waals surface area contributed by atoms with E-state index in [1.807, 2.05) is 30.3 Å². The summed E-state index contributed by atoms with van der Waals surface area (Å²) >= 11 is 0. The number of nitriles is 1. The molecule has 3 rings (SSSR count). The summed E-state index contributed by atoms with van der Waals surface area (Å²) in [7, 11) is 0. The molecular weight excluding hydrogens is 262 g/mol. The average Bonchev–Trinajstić information content (AvgIpc) is 2.53. The molecule has 0 spiro atoms. The Morgan fingerprint density at radius 3 is 2.86 bits per heavy atom. The first kappa shape index (κ1) is 13.8. The van der Waals surface area contributed by atoms with Crippen molar-refractivity contribution in [3.05, 3.63) is 35.9 Å². The fraction of sp³-hybridized carbons (Fsp3) is 0.412. The molecule has 2 heterocycles. The summed E-state index contributed by atoms with van der Waals surface area (Å²) in [6.07, 6.45) is 2.07. The van der Waals surface area contributed by atoms with Crippen molar-refractivity contribution in [3.8, 4) is 6.07 Å². The largest absolute Gasteiger partial charge is 0.381 e. The molecule has 4 nitrogen and oxygen atoms in total. The zero-order chi connectivity index (χ0) is 14.7. The molecule has 1 aromatic carbocycles. The molecule has 1 saturated heterocycles. The quantitative estimate of drug-likeness (QED) is 0.937. The molecule has 1 aromatic heterocycles. The lowest BCUT2D eigenvalue weighted by Crippen LogP contribution is -2.33. The fourth-order valence-electron chi connectivity index (χ4n) is 2.67. The Labute approximate surface area is 124 Å². The molecule has 0 atom stereocenters. The molecular formula is C17H19N3O. The van der Waals surface area contributed by atoms with E-state index in [1.165, 1.54) is 0 Å². The molecule has 1 N–H and O–H groups in total. The van der Waals surface area contributed by atoms with E-state index in [4.69, 9.17) is 4.74 Å². The van der Waals surface area contributed by atoms with E-state index in [0.29, 0.717) is 11.4 Å². The number of hydrogen-bond donors (Lipinski definition) is 1. The molecule has 0 unspecified atom stereocenters. The van der Waals surface area contributed by atoms with Gasteiger partial charge in [0.05, 0.1) is 11.1 Å². The molecule has 0 bridgehead atoms. The van der Waals surface area contributed by atoms with Crippen molar-refractivity contribution in [1.82, 2.24) is 4.98 Å². The minimum absolute atomic E-state index is 0.207. The Bertz CT molecular complexity index is 684. The van der Waals surface area contributed by atoms with E-state index in [-0.39, 0.29) is 5.41 Å². The van der Waals surface area contributed by atoms with Crippen LogP contribution in [0.15, 0.2) is 30.3 Å². The Morgan fingerprint density at radius 1 is 1.33 bits per heavy atom. The SMILES string of the molecule is CC1(CNc2nc3ccccc3cc2C#N)CCOCC1. The standard InChI is InChI=1S/C17H19N3O/c1-17(6-8-21-9-7-17)12-19-16-14(11-18)10-13-4-2-3-5-15(13)20-16/h2-5,10H,6-9,12H2,1H3,(H,19,20). The van der Waals surface area contributed by atoms with Gasteiger partial charge in [0.25, 0.3) is 0 Å². The average molecular weight is 281 g/mol. The summed E-state index contributed by atoms with van der Waals surface area (Å²) in [6.45, 7) is 4.70. The van der Waals surface area contributed by atoms with Gasteiger partial charge in [-0.05, 0) is 30.4 Å². The third kappa shape index (κ3) is 2.98. The maximum atomic E-state index is 9.33. The van der Waals surface area contributed by atoms with E-state index < -0.39 is 0 Å². The maximum Gasteiger partial charge on any atom is 0.144 e. The summed E-state index contributed by atoms with van der Waals surface area (Å²) in [5, 5.41) is 13.7. The van der Waals surface area contributed by atoms with Crippen LogP contribution in [0.5, 0.6) is 0 Å². The van der Waals surface area contributed by atoms with Gasteiger partial charge in [0, 0.05) is 25.1 Å². The third-order valence-corrected chi connectivity index (χ3v) is 4.23. The van der Waals surface area contributed by atoms with Gasteiger partial charge < -0.3 is 10.1 Å². The molecule has 21 heavy (non-hydrogen) atoms. The van der Waals surface area contributed by atoms with Gasteiger partial charge in [0.1, 0.15) is 11.9 Å². The number of nitrogens with zero attached hydrogens (tertiary/aromatic N) is 2. The summed E-state index contributed by atoms with van der Waals surface area (Å²) in [6, 6.07) is 12.0. The van der Waals surface area contributed by atoms with Gasteiger partial charge in [-0.2, -0.15) is 5.26 Å². The van der Waals surface area contributed by atoms with Gasteiger partial charge in [0.15, 0.2) is 0 Å². The van der Waals surface area contributed by atoms with Crippen LogP contribution in [-0.4, -0.2) is 24.7 Å². The van der Waals surface area contributed by atoms with Crippen LogP contribution in [0.1, 0.15) is 25.3 Å². The van der Waals surface area contributed by atoms with E-state index in [0.717, 1.165) is 43.5 Å². The predicted molar refractivity (Wildman–Crippen MR) is 83.1 cm³/mol. The third-order valence-electron chi connectivity index (χ3n) is 4.23. The Hall–Kier alpha value is -2.12. The molecule has 1 fully saturated rings. The first-order valence-corrected chi connectivity index (χ1v) is 7.32. The van der Waals surface area contributed by atoms with Crippen molar-refractivity contribution < 1.29 is 4.74 Å². The number of nitrogens with one attached hydrogen (secondary N) is 1. The van der Waals surface area contributed by atoms with Gasteiger partial charge in [-0.25, -0.2) is 4.98 Å². The monoisotopic (exact) mass is 281 g/mol. The van der Waals surface area contributed by atoms with Crippen molar-refractivity contribution >= 4 is 16.7 Å². The Kier molecular flexibility index (Phi) is 3.76. The number of pyridine rings is 1. The molecule has 1 aliphatic rings. The van der Waals surface area contributed by atoms with Gasteiger partial charge in [-0.1, -0.05) is 25.1 Å². The zero-order valence-corrected chi connectivity index (χ0v) is 12.2. The van der Waals surface area contributed by atoms with E-state index in [2.05, 4.69) is 23.3 Å². The van der Waals surface area contributed by atoms with Crippen LogP contribution in [0, 0.1) is 16.7 Å². The number of benzene rings is 1. The molecule has 0 saturated carbocycles. The number of anilines is 1. The predicted octanol–water partition coefficient (Wildman–Crippen LogP) is 3.34. The molecule has 0 radical (unpaired) electrons. The lowest BCUT2D eigenvalue weighted by atomic mass is 9.82. The van der Waals surface area contributed by atoms with Crippen LogP contribution in [0.2, 0.25) is 0 Å². The van der Waals surface area contributed by atoms with Crippen LogP contribution < -0.4 is 5.32 Å². The summed E-state index contributed by atoms with van der Waals surface area (Å²) < 4.78 is 5.42. The second-order valence-electron chi connectivity index (χ2n) is 5.97. The summed E-state index contributed by atoms with van der Waals surface area (Å²) in [4.78, 5) is 4.60. The summed E-state index contributed by atoms with van der Waals surface area (Å²) in [5.41, 5.74) is 1.72. The first-order chi connectivity index (χ1) is 10.2. The van der Waals surface area contributed by atoms with Gasteiger partial charge >= 0.3 is 0 Å². The molecule has 108 valence electrons. The highest BCUT2D eigenvalue weighted by Gasteiger charge is 2.27. The topological polar surface area (TPSA) is 57.9 Å². The number of aromatic nitrogens is 1. The summed E-state index contributed by atoms with van der Waals surface area (Å²) in [5.74, 6) is 0.684. The Morgan fingerprint density at radius 2 is 2.10 bits per heavy atom. The number of fused-ring (bicyclic) bond motifs is 1. The fourth-order valence-corrected chi connectivity index (χ4v) is 2.67. The zero-order valence-electron chi connectivity index (χ0n) is 12.2. The molecule has 4 heteroatoms. The second kappa shape index (κ2) is 5.71. The normalized spacial score (nSPS) is 17.3. The van der Waals surface area contributed by atoms with Gasteiger partial charge in [0.2, 0.25) is 0 Å². The van der Waals surface area contributed by atoms with Crippen molar-refractivity contribution in [1.29, 1.82) is 5.26 Å². The van der Waals surface area contributed by atoms with Crippen molar-refractivity contribution in [3.63, 3.8) is 0 Å². The van der Waals surface area contributed by atoms with Gasteiger partial charge in [-0.3, -0.25) is 0 Å². The first-order valence-electron chi connectivity index (χ1n) is 7.32. The second-order valence-corrected chi connectivity index (χ2v) is 5.97. The van der Waals surface area contributed by atoms with Gasteiger partial charge in [-0.15, -0.1) is 0 Å². The van der Waals surface area contributed by atoms with E-state index in [9.17, 15) is 5.26 Å². The van der Waals surface area contributed by atoms with Crippen LogP contribution in [-0.2, 0) is 4.74 Å². The van der Waals surface area contributed by atoms with Crippen LogP contribution in [0.4, 0.5) is 5.82 Å². The van der Waals surface area contributed by atoms with Crippen molar-refractivity contribution in [2.75, 3.05) is 25.1 Å². The highest BCUT2D eigenvalue weighted by molar-refractivity contribution is 5.82. The Balaban J connectivity index is 1.84. The van der Waals surface area contributed by atoms with Crippen LogP contribution in [0.25, 0.3) is 10.9 Å². The smallest absolute Gasteiger partial charge is 0.144 e. The van der Waals surface area contributed by atoms with Crippen LogP contribution in [0.3, 0.4) is 0 Å². The lowest BCUT2D eigenvalue weighted by Gasteiger charge is -2.33. The van der Waals surface area contributed by atoms with Crippen molar-refractivity contribution in [2.45, 2.75) is 19.8 Å². The highest BCUT2D eigenvalue weighted by atomic mass is 16.5. The molecule has 1 aliphatic heterocycles. The minimum Gasteiger partial charge on any atom is -0.381 e. The number of hydrogen-bond acceptors (Lipinski definition) is 4. The van der Waals surface area contributed by atoms with Crippen molar-refractivity contribution in [2.24, 2.45) is 5.41 Å². The number of para-hydroxylation sites is 1. The highest BCUT2D eigenvalue weighted by Crippen LogP contribution is 2.30. The molecule has 0 aliphatic carbocycles. The van der Waals surface area contributed by atoms with E-state index >= 15 is 0 Å². The molecule has 0 amide bonds. The maximum absolute atomic E-state index is 9.33. The molecule has 2 aromatic rings. The van der Waals surface area contributed by atoms with E-state index in [1.54, 1.807) is 0 Å².